The van der Waals surface area contributed by atoms with Gasteiger partial charge in [-0.25, -0.2) is 4.99 Å². The van der Waals surface area contributed by atoms with E-state index >= 15 is 0 Å². The summed E-state index contributed by atoms with van der Waals surface area (Å²) in [6, 6.07) is 7.80. The zero-order valence-electron chi connectivity index (χ0n) is 21.8. The van der Waals surface area contributed by atoms with E-state index in [0.29, 0.717) is 25.5 Å². The monoisotopic (exact) mass is 522 g/mol. The number of aliphatic imine (C=N–C) groups is 1. The molecule has 2 unspecified atom stereocenters. The van der Waals surface area contributed by atoms with Gasteiger partial charge in [-0.2, -0.15) is 13.2 Å². The predicted molar refractivity (Wildman–Crippen MR) is 136 cm³/mol. The van der Waals surface area contributed by atoms with E-state index in [1.165, 1.54) is 0 Å². The number of carbonyl (C=O) groups is 2. The lowest BCUT2D eigenvalue weighted by molar-refractivity contribution is -0.130. The maximum Gasteiger partial charge on any atom is 0.379 e. The lowest BCUT2D eigenvalue weighted by Gasteiger charge is -2.36. The largest absolute Gasteiger partial charge is 0.493 e. The third-order valence-electron chi connectivity index (χ3n) is 7.71. The third kappa shape index (κ3) is 6.76. The number of benzene rings is 1. The summed E-state index contributed by atoms with van der Waals surface area (Å²) in [5, 5.41) is 3.23. The first kappa shape index (κ1) is 30.0. The molecule has 3 atom stereocenters. The first-order valence-electron chi connectivity index (χ1n) is 12.4. The Labute approximate surface area is 217 Å². The number of terminal acetylenes is 1. The number of amides is 2. The second kappa shape index (κ2) is 12.3. The van der Waals surface area contributed by atoms with E-state index in [4.69, 9.17) is 10.5 Å². The van der Waals surface area contributed by atoms with Gasteiger partial charge >= 0.3 is 6.68 Å². The molecular formula is C27H37F3N4O3. The molecule has 0 spiro atoms. The molecule has 1 aromatic rings. The van der Waals surface area contributed by atoms with E-state index in [9.17, 15) is 22.8 Å². The Kier molecular flexibility index (Phi) is 10.0. The molecule has 0 aromatic heterocycles. The Hall–Kier alpha value is -3.22. The highest BCUT2D eigenvalue weighted by Crippen LogP contribution is 2.59. The van der Waals surface area contributed by atoms with Crippen LogP contribution in [0.4, 0.5) is 13.2 Å². The molecule has 2 aliphatic heterocycles. The molecule has 3 N–H and O–H groups in total. The number of ether oxygens (including phenoxy) is 1. The number of hydrogen-bond acceptors (Lipinski definition) is 5. The fraction of sp³-hybridized carbons (Fsp3) is 0.593. The second-order valence-corrected chi connectivity index (χ2v) is 9.97. The average Bonchev–Trinajstić information content (AvgIpc) is 3.42. The van der Waals surface area contributed by atoms with Crippen LogP contribution in [0.3, 0.4) is 0 Å². The number of alkyl halides is 3. The fourth-order valence-corrected chi connectivity index (χ4v) is 5.26. The molecule has 7 nitrogen and oxygen atoms in total. The summed E-state index contributed by atoms with van der Waals surface area (Å²) in [4.78, 5) is 32.4. The van der Waals surface area contributed by atoms with Crippen molar-refractivity contribution in [2.45, 2.75) is 71.6 Å². The first-order chi connectivity index (χ1) is 17.5. The van der Waals surface area contributed by atoms with E-state index < -0.39 is 6.68 Å². The number of guanidine groups is 1. The zero-order valence-corrected chi connectivity index (χ0v) is 21.8. The Morgan fingerprint density at radius 3 is 2.41 bits per heavy atom. The summed E-state index contributed by atoms with van der Waals surface area (Å²) < 4.78 is 34.7. The van der Waals surface area contributed by atoms with E-state index in [1.54, 1.807) is 4.90 Å². The Bertz CT molecular complexity index is 1000. The van der Waals surface area contributed by atoms with Gasteiger partial charge in [0.25, 0.3) is 0 Å². The van der Waals surface area contributed by atoms with Crippen molar-refractivity contribution in [1.82, 2.24) is 10.2 Å². The van der Waals surface area contributed by atoms with E-state index in [-0.39, 0.29) is 40.6 Å². The number of carbonyl (C=O) groups excluding carboxylic acids is 2. The van der Waals surface area contributed by atoms with Crippen molar-refractivity contribution >= 4 is 17.8 Å². The normalized spacial score (nSPS) is 24.7. The summed E-state index contributed by atoms with van der Waals surface area (Å²) in [6.07, 6.45) is 10.7. The van der Waals surface area contributed by atoms with Crippen molar-refractivity contribution < 1.29 is 27.5 Å². The molecule has 204 valence electrons. The zero-order chi connectivity index (χ0) is 28.0. The number of nitrogens with one attached hydrogen (secondary N) is 1. The van der Waals surface area contributed by atoms with Crippen molar-refractivity contribution in [1.29, 1.82) is 0 Å². The quantitative estimate of drug-likeness (QED) is 0.540. The van der Waals surface area contributed by atoms with Crippen molar-refractivity contribution in [3.8, 4) is 18.6 Å². The maximum atomic E-state index is 13.2. The van der Waals surface area contributed by atoms with E-state index in [1.807, 2.05) is 38.1 Å². The minimum Gasteiger partial charge on any atom is -0.493 e. The van der Waals surface area contributed by atoms with Gasteiger partial charge in [0, 0.05) is 24.4 Å². The highest BCUT2D eigenvalue weighted by molar-refractivity contribution is 5.99. The van der Waals surface area contributed by atoms with Gasteiger partial charge in [-0.15, -0.1) is 12.8 Å². The number of nitrogens with zero attached hydrogens (tertiary/aromatic N) is 2. The Morgan fingerprint density at radius 1 is 1.24 bits per heavy atom. The van der Waals surface area contributed by atoms with Gasteiger partial charge in [-0.3, -0.25) is 14.5 Å². The van der Waals surface area contributed by atoms with Crippen LogP contribution < -0.4 is 15.8 Å². The van der Waals surface area contributed by atoms with Crippen molar-refractivity contribution in [2.24, 2.45) is 28.0 Å². The molecule has 0 radical (unpaired) electrons. The van der Waals surface area contributed by atoms with Crippen LogP contribution in [0, 0.1) is 30.1 Å². The molecule has 0 saturated heterocycles. The minimum atomic E-state index is -3.67. The maximum absolute atomic E-state index is 13.2. The summed E-state index contributed by atoms with van der Waals surface area (Å²) in [6.45, 7) is 5.62. The lowest BCUT2D eigenvalue weighted by Crippen LogP contribution is -2.52. The van der Waals surface area contributed by atoms with Crippen LogP contribution in [0.2, 0.25) is 0 Å². The molecule has 4 rings (SSSR count). The second-order valence-electron chi connectivity index (χ2n) is 9.97. The van der Waals surface area contributed by atoms with Crippen LogP contribution in [0.5, 0.6) is 5.75 Å². The summed E-state index contributed by atoms with van der Waals surface area (Å²) in [7, 11) is 0. The summed E-state index contributed by atoms with van der Waals surface area (Å²) >= 11 is 0. The SMILES string of the molecule is C#C.CCC1(CC)CC(=O)N(CC2C(C(=O)N[C@H]3CCOc4ccccc43)C2(C)C)C(N)=N1.FC(F)F. The van der Waals surface area contributed by atoms with Crippen molar-refractivity contribution in [3.05, 3.63) is 29.8 Å². The number of fused-ring (bicyclic) bond motifs is 1. The highest BCUT2D eigenvalue weighted by Gasteiger charge is 2.62. The van der Waals surface area contributed by atoms with Crippen LogP contribution in [0.25, 0.3) is 0 Å². The minimum absolute atomic E-state index is 0.0106. The highest BCUT2D eigenvalue weighted by atomic mass is 19.4. The van der Waals surface area contributed by atoms with Crippen LogP contribution in [-0.2, 0) is 9.59 Å². The van der Waals surface area contributed by atoms with Crippen LogP contribution >= 0.6 is 0 Å². The van der Waals surface area contributed by atoms with Gasteiger partial charge in [0.2, 0.25) is 11.8 Å². The number of hydrogen-bond donors (Lipinski definition) is 2. The molecule has 2 heterocycles. The van der Waals surface area contributed by atoms with E-state index in [2.05, 4.69) is 37.0 Å². The standard InChI is InChI=1S/C24H34N4O3.C2H2.CHF3/c1-5-24(6-2)13-19(29)28(22(25)27-24)14-16-20(23(16,3)4)21(30)26-17-11-12-31-18-10-8-7-9-15(17)18;1-2;2-1(3)4/h7-10,16-17,20H,5-6,11-14H2,1-4H3,(H2,25,27)(H,26,30);1-2H;1H/t16?,17-,20?;;/m0../s1. The number of nitrogens with two attached hydrogens (primary N) is 1. The Balaban J connectivity index is 0.000000733. The molecular weight excluding hydrogens is 485 g/mol. The van der Waals surface area contributed by atoms with Gasteiger partial charge in [0.05, 0.1) is 24.6 Å². The van der Waals surface area contributed by atoms with Crippen LogP contribution in [0.1, 0.15) is 65.0 Å². The van der Waals surface area contributed by atoms with Crippen LogP contribution in [-0.4, -0.2) is 48.0 Å². The molecule has 0 bridgehead atoms. The van der Waals surface area contributed by atoms with Gasteiger partial charge < -0.3 is 15.8 Å². The smallest absolute Gasteiger partial charge is 0.379 e. The topological polar surface area (TPSA) is 97.0 Å². The molecule has 10 heteroatoms. The Morgan fingerprint density at radius 2 is 1.84 bits per heavy atom. The summed E-state index contributed by atoms with van der Waals surface area (Å²) in [5.41, 5.74) is 6.67. The van der Waals surface area contributed by atoms with Crippen molar-refractivity contribution in [2.75, 3.05) is 13.2 Å². The predicted octanol–water partition coefficient (Wildman–Crippen LogP) is 4.43. The van der Waals surface area contributed by atoms with E-state index in [0.717, 1.165) is 30.6 Å². The van der Waals surface area contributed by atoms with Gasteiger partial charge in [0.1, 0.15) is 5.75 Å². The first-order valence-corrected chi connectivity index (χ1v) is 12.4. The number of halogens is 3. The fourth-order valence-electron chi connectivity index (χ4n) is 5.26. The number of para-hydroxylation sites is 1. The van der Waals surface area contributed by atoms with Crippen molar-refractivity contribution in [3.63, 3.8) is 0 Å². The molecule has 37 heavy (non-hydrogen) atoms. The molecule has 2 amide bonds. The van der Waals surface area contributed by atoms with Gasteiger partial charge in [-0.05, 0) is 30.2 Å². The molecule has 3 aliphatic rings. The molecule has 1 aromatic carbocycles. The molecule has 1 aliphatic carbocycles. The van der Waals surface area contributed by atoms with Gasteiger partial charge in [0.15, 0.2) is 5.96 Å². The third-order valence-corrected chi connectivity index (χ3v) is 7.71. The van der Waals surface area contributed by atoms with Gasteiger partial charge in [-0.1, -0.05) is 45.9 Å². The van der Waals surface area contributed by atoms with Crippen LogP contribution in [0.15, 0.2) is 29.3 Å². The molecule has 1 saturated carbocycles. The average molecular weight is 523 g/mol. The molecule has 1 fully saturated rings. The number of rotatable bonds is 6. The lowest BCUT2D eigenvalue weighted by atomic mass is 9.88. The summed E-state index contributed by atoms with van der Waals surface area (Å²) in [5.74, 6) is 1.07.